The Hall–Kier alpha value is -2.74. The summed E-state index contributed by atoms with van der Waals surface area (Å²) in [6.45, 7) is 14.7. The van der Waals surface area contributed by atoms with E-state index in [1.807, 2.05) is 0 Å². The first-order valence-electron chi connectivity index (χ1n) is 16.0. The van der Waals surface area contributed by atoms with E-state index < -0.39 is 0 Å². The maximum absolute atomic E-state index is 6.58. The zero-order valence-electron chi connectivity index (χ0n) is 26.3. The molecule has 0 radical (unpaired) electrons. The van der Waals surface area contributed by atoms with Gasteiger partial charge in [0.25, 0.3) is 0 Å². The van der Waals surface area contributed by atoms with E-state index >= 15 is 0 Å². The Morgan fingerprint density at radius 1 is 0.400 bits per heavy atom. The molecular weight excluding hydrogens is 488 g/mol. The Labute approximate surface area is 245 Å². The van der Waals surface area contributed by atoms with Crippen molar-refractivity contribution in [2.45, 2.75) is 119 Å². The molecule has 0 saturated carbocycles. The highest BCUT2D eigenvalue weighted by Gasteiger charge is 2.17. The molecule has 40 heavy (non-hydrogen) atoms. The molecular formula is C38H54O2. The van der Waals surface area contributed by atoms with Crippen LogP contribution in [0.3, 0.4) is 0 Å². The second-order valence-electron chi connectivity index (χ2n) is 11.8. The molecule has 0 unspecified atom stereocenters. The molecule has 0 N–H and O–H groups in total. The fraction of sp³-hybridized carbons (Fsp3) is 0.526. The standard InChI is InChI=1S/C38H54O2/c1-7-9-11-13-15-17-19-39-37-27-36(34-25-31(5)22-32(6)26-34)38(40-20-18-16-14-12-10-8-2)28-35(37)33-23-29(3)21-30(4)24-33/h21-28H,7-20H2,1-6H3. The molecule has 2 heteroatoms. The van der Waals surface area contributed by atoms with E-state index in [4.69, 9.17) is 9.47 Å². The Morgan fingerprint density at radius 3 is 1.07 bits per heavy atom. The first-order chi connectivity index (χ1) is 19.4. The van der Waals surface area contributed by atoms with Gasteiger partial charge in [-0.2, -0.15) is 0 Å². The number of hydrogen-bond acceptors (Lipinski definition) is 2. The minimum absolute atomic E-state index is 0.744. The Morgan fingerprint density at radius 2 is 0.725 bits per heavy atom. The van der Waals surface area contributed by atoms with Crippen molar-refractivity contribution in [1.29, 1.82) is 0 Å². The van der Waals surface area contributed by atoms with E-state index in [0.717, 1.165) is 48.7 Å². The average molecular weight is 543 g/mol. The molecule has 2 nitrogen and oxygen atoms in total. The number of aryl methyl sites for hydroxylation is 4. The van der Waals surface area contributed by atoms with Crippen LogP contribution in [0.5, 0.6) is 11.5 Å². The molecule has 0 aliphatic heterocycles. The zero-order chi connectivity index (χ0) is 28.7. The predicted molar refractivity (Wildman–Crippen MR) is 174 cm³/mol. The van der Waals surface area contributed by atoms with Gasteiger partial charge in [-0.1, -0.05) is 137 Å². The van der Waals surface area contributed by atoms with Gasteiger partial charge in [-0.15, -0.1) is 0 Å². The number of ether oxygens (including phenoxy) is 2. The lowest BCUT2D eigenvalue weighted by atomic mass is 9.94. The van der Waals surface area contributed by atoms with Crippen LogP contribution in [0, 0.1) is 27.7 Å². The summed E-state index contributed by atoms with van der Waals surface area (Å²) in [4.78, 5) is 0. The predicted octanol–water partition coefficient (Wildman–Crippen LogP) is 11.7. The van der Waals surface area contributed by atoms with Gasteiger partial charge >= 0.3 is 0 Å². The smallest absolute Gasteiger partial charge is 0.128 e. The summed E-state index contributed by atoms with van der Waals surface area (Å²) in [6.07, 6.45) is 15.1. The van der Waals surface area contributed by atoms with Crippen molar-refractivity contribution >= 4 is 0 Å². The van der Waals surface area contributed by atoms with Crippen LogP contribution in [0.25, 0.3) is 22.3 Å². The molecule has 0 heterocycles. The van der Waals surface area contributed by atoms with Crippen LogP contribution in [0.4, 0.5) is 0 Å². The zero-order valence-corrected chi connectivity index (χ0v) is 26.3. The summed E-state index contributed by atoms with van der Waals surface area (Å²) >= 11 is 0. The first kappa shape index (κ1) is 31.8. The fourth-order valence-corrected chi connectivity index (χ4v) is 5.64. The lowest BCUT2D eigenvalue weighted by Gasteiger charge is -2.19. The third-order valence-electron chi connectivity index (χ3n) is 7.66. The molecule has 0 aliphatic carbocycles. The summed E-state index contributed by atoms with van der Waals surface area (Å²) in [5.74, 6) is 1.92. The maximum atomic E-state index is 6.58. The fourth-order valence-electron chi connectivity index (χ4n) is 5.64. The van der Waals surface area contributed by atoms with Gasteiger partial charge < -0.3 is 9.47 Å². The molecule has 3 rings (SSSR count). The molecule has 0 spiro atoms. The summed E-state index contributed by atoms with van der Waals surface area (Å²) in [6, 6.07) is 18.0. The van der Waals surface area contributed by atoms with E-state index in [9.17, 15) is 0 Å². The van der Waals surface area contributed by atoms with E-state index in [0.29, 0.717) is 0 Å². The normalized spacial score (nSPS) is 11.2. The molecule has 0 atom stereocenters. The lowest BCUT2D eigenvalue weighted by Crippen LogP contribution is -2.03. The summed E-state index contributed by atoms with van der Waals surface area (Å²) in [7, 11) is 0. The van der Waals surface area contributed by atoms with E-state index in [1.54, 1.807) is 0 Å². The van der Waals surface area contributed by atoms with Crippen molar-refractivity contribution in [2.75, 3.05) is 13.2 Å². The minimum atomic E-state index is 0.744. The van der Waals surface area contributed by atoms with E-state index in [2.05, 4.69) is 90.1 Å². The first-order valence-corrected chi connectivity index (χ1v) is 16.0. The summed E-state index contributed by atoms with van der Waals surface area (Å²) < 4.78 is 13.2. The molecule has 218 valence electrons. The van der Waals surface area contributed by atoms with Crippen molar-refractivity contribution in [1.82, 2.24) is 0 Å². The van der Waals surface area contributed by atoms with Crippen molar-refractivity contribution in [3.05, 3.63) is 70.8 Å². The quantitative estimate of drug-likeness (QED) is 0.149. The highest BCUT2D eigenvalue weighted by atomic mass is 16.5. The summed E-state index contributed by atoms with van der Waals surface area (Å²) in [5, 5.41) is 0. The van der Waals surface area contributed by atoms with Crippen molar-refractivity contribution in [2.24, 2.45) is 0 Å². The van der Waals surface area contributed by atoms with Gasteiger partial charge in [-0.25, -0.2) is 0 Å². The topological polar surface area (TPSA) is 18.5 Å². The van der Waals surface area contributed by atoms with E-state index in [1.165, 1.54) is 97.6 Å². The third kappa shape index (κ3) is 10.3. The largest absolute Gasteiger partial charge is 0.493 e. The molecule has 0 bridgehead atoms. The maximum Gasteiger partial charge on any atom is 0.128 e. The molecule has 3 aromatic carbocycles. The highest BCUT2D eigenvalue weighted by Crippen LogP contribution is 2.42. The monoisotopic (exact) mass is 542 g/mol. The van der Waals surface area contributed by atoms with Gasteiger partial charge in [0.2, 0.25) is 0 Å². The van der Waals surface area contributed by atoms with Crippen LogP contribution >= 0.6 is 0 Å². The van der Waals surface area contributed by atoms with Crippen LogP contribution in [-0.2, 0) is 0 Å². The number of hydrogen-bond donors (Lipinski definition) is 0. The molecule has 0 aliphatic rings. The number of unbranched alkanes of at least 4 members (excludes halogenated alkanes) is 10. The van der Waals surface area contributed by atoms with Gasteiger partial charge in [-0.3, -0.25) is 0 Å². The average Bonchev–Trinajstić information content (AvgIpc) is 2.91. The third-order valence-corrected chi connectivity index (χ3v) is 7.66. The lowest BCUT2D eigenvalue weighted by molar-refractivity contribution is 0.298. The SMILES string of the molecule is CCCCCCCCOc1cc(-c2cc(C)cc(C)c2)c(OCCCCCCCC)cc1-c1cc(C)cc(C)c1. The van der Waals surface area contributed by atoms with Gasteiger partial charge in [0, 0.05) is 11.1 Å². The molecule has 0 fully saturated rings. The van der Waals surface area contributed by atoms with Crippen molar-refractivity contribution in [3.8, 4) is 33.8 Å². The molecule has 0 amide bonds. The molecule has 0 saturated heterocycles. The van der Waals surface area contributed by atoms with Crippen LogP contribution in [0.2, 0.25) is 0 Å². The Kier molecular flexibility index (Phi) is 13.6. The second-order valence-corrected chi connectivity index (χ2v) is 11.8. The van der Waals surface area contributed by atoms with Crippen LogP contribution in [0.1, 0.15) is 113 Å². The van der Waals surface area contributed by atoms with Gasteiger partial charge in [0.05, 0.1) is 13.2 Å². The Balaban J connectivity index is 1.94. The van der Waals surface area contributed by atoms with Crippen LogP contribution in [0.15, 0.2) is 48.5 Å². The number of rotatable bonds is 18. The van der Waals surface area contributed by atoms with Crippen LogP contribution in [-0.4, -0.2) is 13.2 Å². The molecule has 3 aromatic rings. The highest BCUT2D eigenvalue weighted by molar-refractivity contribution is 5.82. The van der Waals surface area contributed by atoms with Crippen molar-refractivity contribution in [3.63, 3.8) is 0 Å². The van der Waals surface area contributed by atoms with Crippen molar-refractivity contribution < 1.29 is 9.47 Å². The van der Waals surface area contributed by atoms with Gasteiger partial charge in [0.1, 0.15) is 11.5 Å². The Bertz CT molecular complexity index is 1040. The van der Waals surface area contributed by atoms with Crippen LogP contribution < -0.4 is 9.47 Å². The second kappa shape index (κ2) is 17.2. The van der Waals surface area contributed by atoms with Gasteiger partial charge in [0.15, 0.2) is 0 Å². The molecule has 0 aromatic heterocycles. The van der Waals surface area contributed by atoms with Gasteiger partial charge in [-0.05, 0) is 63.8 Å². The number of benzene rings is 3. The van der Waals surface area contributed by atoms with E-state index in [-0.39, 0.29) is 0 Å². The summed E-state index contributed by atoms with van der Waals surface area (Å²) in [5.41, 5.74) is 9.73. The minimum Gasteiger partial charge on any atom is -0.493 e.